The molecule has 22 heavy (non-hydrogen) atoms. The van der Waals surface area contributed by atoms with Crippen LogP contribution in [0, 0.1) is 0 Å². The Morgan fingerprint density at radius 1 is 1.27 bits per heavy atom. The molecule has 2 aromatic rings. The van der Waals surface area contributed by atoms with Crippen molar-refractivity contribution in [3.05, 3.63) is 41.2 Å². The van der Waals surface area contributed by atoms with Crippen LogP contribution in [0.15, 0.2) is 24.3 Å². The van der Waals surface area contributed by atoms with Gasteiger partial charge < -0.3 is 14.8 Å². The standard InChI is InChI=1S/C16H19N3O3/c1-21-14-6-3-10(7-15(14)22-2)9-17-16(20)13-8-12(18-19-13)11-4-5-11/h3,6-8,11H,4-5,9H2,1-2H3,(H,17,20)(H,18,19). The van der Waals surface area contributed by atoms with Gasteiger partial charge in [0.25, 0.3) is 5.91 Å². The largest absolute Gasteiger partial charge is 0.493 e. The van der Waals surface area contributed by atoms with Gasteiger partial charge in [-0.15, -0.1) is 0 Å². The fourth-order valence-corrected chi connectivity index (χ4v) is 2.32. The summed E-state index contributed by atoms with van der Waals surface area (Å²) in [7, 11) is 3.18. The van der Waals surface area contributed by atoms with Crippen molar-refractivity contribution in [3.63, 3.8) is 0 Å². The van der Waals surface area contributed by atoms with Gasteiger partial charge in [0.05, 0.1) is 14.2 Å². The van der Waals surface area contributed by atoms with Crippen LogP contribution in [0.2, 0.25) is 0 Å². The molecule has 0 atom stereocenters. The maximum absolute atomic E-state index is 12.1. The molecule has 1 aromatic carbocycles. The zero-order valence-corrected chi connectivity index (χ0v) is 12.7. The second kappa shape index (κ2) is 6.09. The number of carbonyl (C=O) groups is 1. The first kappa shape index (κ1) is 14.4. The molecule has 116 valence electrons. The Morgan fingerprint density at radius 2 is 2.05 bits per heavy atom. The number of benzene rings is 1. The number of rotatable bonds is 6. The molecular weight excluding hydrogens is 282 g/mol. The number of nitrogens with zero attached hydrogens (tertiary/aromatic N) is 1. The Kier molecular flexibility index (Phi) is 4.00. The number of amides is 1. The van der Waals surface area contributed by atoms with Crippen molar-refractivity contribution in [1.29, 1.82) is 0 Å². The highest BCUT2D eigenvalue weighted by Gasteiger charge is 2.26. The molecule has 6 nitrogen and oxygen atoms in total. The van der Waals surface area contributed by atoms with E-state index in [4.69, 9.17) is 9.47 Å². The lowest BCUT2D eigenvalue weighted by Crippen LogP contribution is -2.23. The van der Waals surface area contributed by atoms with E-state index in [1.165, 1.54) is 12.8 Å². The summed E-state index contributed by atoms with van der Waals surface area (Å²) in [6.45, 7) is 0.408. The lowest BCUT2D eigenvalue weighted by molar-refractivity contribution is 0.0946. The van der Waals surface area contributed by atoms with E-state index in [9.17, 15) is 4.79 Å². The van der Waals surface area contributed by atoms with Gasteiger partial charge in [0.15, 0.2) is 11.5 Å². The van der Waals surface area contributed by atoms with Gasteiger partial charge in [-0.05, 0) is 36.6 Å². The topological polar surface area (TPSA) is 76.2 Å². The zero-order chi connectivity index (χ0) is 15.5. The predicted molar refractivity (Wildman–Crippen MR) is 81.3 cm³/mol. The van der Waals surface area contributed by atoms with Crippen LogP contribution in [0.4, 0.5) is 0 Å². The van der Waals surface area contributed by atoms with Gasteiger partial charge in [-0.1, -0.05) is 6.07 Å². The summed E-state index contributed by atoms with van der Waals surface area (Å²) in [6.07, 6.45) is 2.35. The molecule has 1 aliphatic carbocycles. The molecule has 1 amide bonds. The Labute approximate surface area is 128 Å². The minimum atomic E-state index is -0.182. The number of carbonyl (C=O) groups excluding carboxylic acids is 1. The van der Waals surface area contributed by atoms with Gasteiger partial charge in [-0.2, -0.15) is 5.10 Å². The first-order valence-electron chi connectivity index (χ1n) is 7.25. The molecule has 1 heterocycles. The Hall–Kier alpha value is -2.50. The Bertz CT molecular complexity index is 677. The van der Waals surface area contributed by atoms with Crippen LogP contribution in [-0.2, 0) is 6.54 Å². The number of ether oxygens (including phenoxy) is 2. The maximum Gasteiger partial charge on any atom is 0.272 e. The second-order valence-electron chi connectivity index (χ2n) is 5.35. The first-order chi connectivity index (χ1) is 10.7. The summed E-state index contributed by atoms with van der Waals surface area (Å²) in [4.78, 5) is 12.1. The fourth-order valence-electron chi connectivity index (χ4n) is 2.32. The summed E-state index contributed by atoms with van der Waals surface area (Å²) in [5.41, 5.74) is 2.42. The van der Waals surface area contributed by atoms with Crippen molar-refractivity contribution in [2.24, 2.45) is 0 Å². The highest BCUT2D eigenvalue weighted by Crippen LogP contribution is 2.39. The third-order valence-electron chi connectivity index (χ3n) is 3.75. The highest BCUT2D eigenvalue weighted by molar-refractivity contribution is 5.92. The number of aromatic amines is 1. The molecule has 3 rings (SSSR count). The van der Waals surface area contributed by atoms with Crippen molar-refractivity contribution in [2.45, 2.75) is 25.3 Å². The van der Waals surface area contributed by atoms with Gasteiger partial charge in [0.2, 0.25) is 0 Å². The fraction of sp³-hybridized carbons (Fsp3) is 0.375. The molecule has 6 heteroatoms. The molecule has 0 radical (unpaired) electrons. The number of aromatic nitrogens is 2. The van der Waals surface area contributed by atoms with Gasteiger partial charge in [-0.3, -0.25) is 9.89 Å². The van der Waals surface area contributed by atoms with Crippen LogP contribution in [0.5, 0.6) is 11.5 Å². The van der Waals surface area contributed by atoms with Crippen LogP contribution >= 0.6 is 0 Å². The van der Waals surface area contributed by atoms with Gasteiger partial charge in [0, 0.05) is 18.2 Å². The van der Waals surface area contributed by atoms with Crippen molar-refractivity contribution in [3.8, 4) is 11.5 Å². The summed E-state index contributed by atoms with van der Waals surface area (Å²) >= 11 is 0. The average molecular weight is 301 g/mol. The smallest absolute Gasteiger partial charge is 0.272 e. The molecule has 1 saturated carbocycles. The van der Waals surface area contributed by atoms with Crippen LogP contribution < -0.4 is 14.8 Å². The summed E-state index contributed by atoms with van der Waals surface area (Å²) in [5.74, 6) is 1.68. The molecule has 2 N–H and O–H groups in total. The van der Waals surface area contributed by atoms with E-state index >= 15 is 0 Å². The second-order valence-corrected chi connectivity index (χ2v) is 5.35. The van der Waals surface area contributed by atoms with E-state index in [-0.39, 0.29) is 5.91 Å². The number of nitrogens with one attached hydrogen (secondary N) is 2. The quantitative estimate of drug-likeness (QED) is 0.858. The van der Waals surface area contributed by atoms with Gasteiger partial charge in [0.1, 0.15) is 5.69 Å². The molecule has 0 spiro atoms. The van der Waals surface area contributed by atoms with Crippen molar-refractivity contribution >= 4 is 5.91 Å². The number of methoxy groups -OCH3 is 2. The predicted octanol–water partition coefficient (Wildman–Crippen LogP) is 2.23. The molecule has 1 aliphatic rings. The first-order valence-corrected chi connectivity index (χ1v) is 7.25. The number of hydrogen-bond acceptors (Lipinski definition) is 4. The van der Waals surface area contributed by atoms with Crippen molar-refractivity contribution in [1.82, 2.24) is 15.5 Å². The highest BCUT2D eigenvalue weighted by atomic mass is 16.5. The van der Waals surface area contributed by atoms with Gasteiger partial charge in [-0.25, -0.2) is 0 Å². The molecule has 1 aromatic heterocycles. The monoisotopic (exact) mass is 301 g/mol. The van der Waals surface area contributed by atoms with E-state index in [1.807, 2.05) is 24.3 Å². The third kappa shape index (κ3) is 3.05. The normalized spacial score (nSPS) is 13.7. The number of hydrogen-bond donors (Lipinski definition) is 2. The van der Waals surface area contributed by atoms with E-state index in [0.29, 0.717) is 29.7 Å². The molecule has 0 saturated heterocycles. The summed E-state index contributed by atoms with van der Waals surface area (Å²) in [5, 5.41) is 9.86. The molecule has 0 unspecified atom stereocenters. The Balaban J connectivity index is 1.62. The SMILES string of the molecule is COc1ccc(CNC(=O)c2cc(C3CC3)[nH]n2)cc1OC. The van der Waals surface area contributed by atoms with Crippen LogP contribution in [0.3, 0.4) is 0 Å². The average Bonchev–Trinajstić information content (AvgIpc) is 3.29. The van der Waals surface area contributed by atoms with Crippen LogP contribution in [0.1, 0.15) is 40.5 Å². The number of H-pyrrole nitrogens is 1. The zero-order valence-electron chi connectivity index (χ0n) is 12.7. The third-order valence-corrected chi connectivity index (χ3v) is 3.75. The summed E-state index contributed by atoms with van der Waals surface area (Å²) in [6, 6.07) is 7.39. The van der Waals surface area contributed by atoms with E-state index in [2.05, 4.69) is 15.5 Å². The van der Waals surface area contributed by atoms with Crippen LogP contribution in [0.25, 0.3) is 0 Å². The minimum Gasteiger partial charge on any atom is -0.493 e. The summed E-state index contributed by atoms with van der Waals surface area (Å²) < 4.78 is 10.4. The van der Waals surface area contributed by atoms with Crippen LogP contribution in [-0.4, -0.2) is 30.3 Å². The molecule has 0 aliphatic heterocycles. The van der Waals surface area contributed by atoms with Crippen molar-refractivity contribution < 1.29 is 14.3 Å². The van der Waals surface area contributed by atoms with E-state index in [0.717, 1.165) is 11.3 Å². The van der Waals surface area contributed by atoms with E-state index in [1.54, 1.807) is 14.2 Å². The molecule has 0 bridgehead atoms. The lowest BCUT2D eigenvalue weighted by atomic mass is 10.2. The van der Waals surface area contributed by atoms with Gasteiger partial charge >= 0.3 is 0 Å². The lowest BCUT2D eigenvalue weighted by Gasteiger charge is -2.10. The minimum absolute atomic E-state index is 0.182. The van der Waals surface area contributed by atoms with Crippen molar-refractivity contribution in [2.75, 3.05) is 14.2 Å². The molecule has 1 fully saturated rings. The molecular formula is C16H19N3O3. The van der Waals surface area contributed by atoms with E-state index < -0.39 is 0 Å². The maximum atomic E-state index is 12.1. The Morgan fingerprint density at radius 3 is 2.73 bits per heavy atom.